The molecule has 0 aliphatic carbocycles. The Kier molecular flexibility index (Phi) is 20.0. The molecule has 28 heavy (non-hydrogen) atoms. The summed E-state index contributed by atoms with van der Waals surface area (Å²) in [5.74, 6) is 0. The summed E-state index contributed by atoms with van der Waals surface area (Å²) in [5, 5.41) is 0. The van der Waals surface area contributed by atoms with Gasteiger partial charge < -0.3 is 19.6 Å². The molecular formula is C24H54N4. The fourth-order valence-corrected chi connectivity index (χ4v) is 3.97. The number of nitrogens with zero attached hydrogens (tertiary/aromatic N) is 4. The second-order valence-corrected chi connectivity index (χ2v) is 8.04. The first-order valence-electron chi connectivity index (χ1n) is 12.5. The maximum absolute atomic E-state index is 2.76. The molecule has 4 nitrogen and oxygen atoms in total. The lowest BCUT2D eigenvalue weighted by Crippen LogP contribution is -2.31. The van der Waals surface area contributed by atoms with E-state index in [9.17, 15) is 0 Å². The van der Waals surface area contributed by atoms with E-state index in [-0.39, 0.29) is 0 Å². The van der Waals surface area contributed by atoms with E-state index in [0.717, 1.165) is 0 Å². The molecule has 0 aromatic heterocycles. The minimum atomic E-state index is 1.19. The van der Waals surface area contributed by atoms with Gasteiger partial charge in [0.1, 0.15) is 0 Å². The van der Waals surface area contributed by atoms with Crippen molar-refractivity contribution in [3.05, 3.63) is 0 Å². The van der Waals surface area contributed by atoms with Crippen molar-refractivity contribution in [1.29, 1.82) is 0 Å². The summed E-state index contributed by atoms with van der Waals surface area (Å²) in [6.07, 6.45) is 8.08. The zero-order chi connectivity index (χ0) is 21.0. The van der Waals surface area contributed by atoms with E-state index in [2.05, 4.69) is 61.1 Å². The molecular weight excluding hydrogens is 344 g/mol. The first-order chi connectivity index (χ1) is 13.6. The Hall–Kier alpha value is -0.160. The number of rotatable bonds is 21. The van der Waals surface area contributed by atoms with Crippen LogP contribution >= 0.6 is 0 Å². The lowest BCUT2D eigenvalue weighted by atomic mass is 10.2. The summed E-state index contributed by atoms with van der Waals surface area (Å²) in [6.45, 7) is 28.5. The summed E-state index contributed by atoms with van der Waals surface area (Å²) in [4.78, 5) is 10.4. The molecule has 0 aromatic carbocycles. The van der Waals surface area contributed by atoms with Crippen molar-refractivity contribution in [2.45, 2.75) is 80.1 Å². The SMILES string of the molecule is CCN(CC)CCCCN(CCCCN(CC)CC)CCCCN(CC)CC. The van der Waals surface area contributed by atoms with E-state index in [1.54, 1.807) is 0 Å². The van der Waals surface area contributed by atoms with Crippen LogP contribution in [0.5, 0.6) is 0 Å². The number of hydrogen-bond donors (Lipinski definition) is 0. The van der Waals surface area contributed by atoms with Crippen molar-refractivity contribution in [2.24, 2.45) is 0 Å². The first kappa shape index (κ1) is 27.8. The molecule has 0 spiro atoms. The molecule has 0 aliphatic rings. The average Bonchev–Trinajstić information content (AvgIpc) is 2.73. The van der Waals surface area contributed by atoms with Crippen LogP contribution in [-0.4, -0.2) is 98.1 Å². The smallest absolute Gasteiger partial charge is 0.00183 e. The Balaban J connectivity index is 4.17. The van der Waals surface area contributed by atoms with Crippen molar-refractivity contribution in [3.63, 3.8) is 0 Å². The quantitative estimate of drug-likeness (QED) is 0.261. The molecule has 0 atom stereocenters. The topological polar surface area (TPSA) is 13.0 Å². The van der Waals surface area contributed by atoms with Crippen LogP contribution in [0.2, 0.25) is 0 Å². The molecule has 4 heteroatoms. The van der Waals surface area contributed by atoms with E-state index in [0.29, 0.717) is 0 Å². The van der Waals surface area contributed by atoms with Gasteiger partial charge in [-0.05, 0) is 117 Å². The Bertz CT molecular complexity index is 251. The normalized spacial score (nSPS) is 12.2. The van der Waals surface area contributed by atoms with Gasteiger partial charge in [0.2, 0.25) is 0 Å². The van der Waals surface area contributed by atoms with E-state index in [1.165, 1.54) is 117 Å². The van der Waals surface area contributed by atoms with Gasteiger partial charge >= 0.3 is 0 Å². The predicted molar refractivity (Wildman–Crippen MR) is 128 cm³/mol. The summed E-state index contributed by atoms with van der Waals surface area (Å²) in [5.41, 5.74) is 0. The molecule has 0 aromatic rings. The lowest BCUT2D eigenvalue weighted by Gasteiger charge is -2.25. The summed E-state index contributed by atoms with van der Waals surface area (Å²) in [6, 6.07) is 0. The van der Waals surface area contributed by atoms with Gasteiger partial charge in [0.15, 0.2) is 0 Å². The summed E-state index contributed by atoms with van der Waals surface area (Å²) in [7, 11) is 0. The fraction of sp³-hybridized carbons (Fsp3) is 1.00. The Labute approximate surface area is 178 Å². The molecule has 0 heterocycles. The molecule has 0 saturated heterocycles. The van der Waals surface area contributed by atoms with E-state index >= 15 is 0 Å². The molecule has 0 bridgehead atoms. The highest BCUT2D eigenvalue weighted by Crippen LogP contribution is 2.05. The molecule has 0 rings (SSSR count). The number of unbranched alkanes of at least 4 members (excludes halogenated alkanes) is 3. The molecule has 0 radical (unpaired) electrons. The van der Waals surface area contributed by atoms with Gasteiger partial charge in [-0.15, -0.1) is 0 Å². The van der Waals surface area contributed by atoms with E-state index in [1.807, 2.05) is 0 Å². The Morgan fingerprint density at radius 2 is 0.464 bits per heavy atom. The standard InChI is InChI=1S/C24H54N4/c1-7-25(8-2)19-13-16-22-28(23-17-14-20-26(9-3)10-4)24-18-15-21-27(11-5)12-6/h7-24H2,1-6H3. The van der Waals surface area contributed by atoms with Crippen LogP contribution in [0.1, 0.15) is 80.1 Å². The molecule has 170 valence electrons. The molecule has 0 unspecified atom stereocenters. The third-order valence-electron chi connectivity index (χ3n) is 6.28. The van der Waals surface area contributed by atoms with Gasteiger partial charge in [-0.25, -0.2) is 0 Å². The third-order valence-corrected chi connectivity index (χ3v) is 6.28. The molecule has 0 N–H and O–H groups in total. The predicted octanol–water partition coefficient (Wildman–Crippen LogP) is 4.65. The minimum Gasteiger partial charge on any atom is -0.304 e. The maximum Gasteiger partial charge on any atom is -0.00183 e. The van der Waals surface area contributed by atoms with Gasteiger partial charge in [-0.3, -0.25) is 0 Å². The second kappa shape index (κ2) is 20.1. The highest BCUT2D eigenvalue weighted by molar-refractivity contribution is 4.63. The maximum atomic E-state index is 2.76. The minimum absolute atomic E-state index is 1.19. The average molecular weight is 399 g/mol. The van der Waals surface area contributed by atoms with Gasteiger partial charge in [0.05, 0.1) is 0 Å². The first-order valence-corrected chi connectivity index (χ1v) is 12.5. The monoisotopic (exact) mass is 398 g/mol. The van der Waals surface area contributed by atoms with Crippen molar-refractivity contribution >= 4 is 0 Å². The fourth-order valence-electron chi connectivity index (χ4n) is 3.97. The van der Waals surface area contributed by atoms with Crippen LogP contribution in [-0.2, 0) is 0 Å². The van der Waals surface area contributed by atoms with Crippen LogP contribution in [0.4, 0.5) is 0 Å². The lowest BCUT2D eigenvalue weighted by molar-refractivity contribution is 0.227. The Morgan fingerprint density at radius 1 is 0.286 bits per heavy atom. The van der Waals surface area contributed by atoms with Crippen LogP contribution in [0.3, 0.4) is 0 Å². The van der Waals surface area contributed by atoms with Crippen LogP contribution in [0.25, 0.3) is 0 Å². The largest absolute Gasteiger partial charge is 0.304 e. The van der Waals surface area contributed by atoms with Gasteiger partial charge in [-0.2, -0.15) is 0 Å². The van der Waals surface area contributed by atoms with Crippen LogP contribution < -0.4 is 0 Å². The Morgan fingerprint density at radius 3 is 0.643 bits per heavy atom. The molecule has 0 saturated carbocycles. The highest BCUT2D eigenvalue weighted by atomic mass is 15.1. The third kappa shape index (κ3) is 14.8. The molecule has 0 amide bonds. The number of hydrogen-bond acceptors (Lipinski definition) is 4. The van der Waals surface area contributed by atoms with Gasteiger partial charge in [0.25, 0.3) is 0 Å². The summed E-state index contributed by atoms with van der Waals surface area (Å²) >= 11 is 0. The van der Waals surface area contributed by atoms with E-state index in [4.69, 9.17) is 0 Å². The van der Waals surface area contributed by atoms with Crippen LogP contribution in [0, 0.1) is 0 Å². The summed E-state index contributed by atoms with van der Waals surface area (Å²) < 4.78 is 0. The van der Waals surface area contributed by atoms with Crippen LogP contribution in [0.15, 0.2) is 0 Å². The van der Waals surface area contributed by atoms with Gasteiger partial charge in [0, 0.05) is 0 Å². The van der Waals surface area contributed by atoms with Crippen molar-refractivity contribution < 1.29 is 0 Å². The van der Waals surface area contributed by atoms with Crippen molar-refractivity contribution in [3.8, 4) is 0 Å². The highest BCUT2D eigenvalue weighted by Gasteiger charge is 2.07. The van der Waals surface area contributed by atoms with Crippen molar-refractivity contribution in [2.75, 3.05) is 78.5 Å². The molecule has 0 fully saturated rings. The second-order valence-electron chi connectivity index (χ2n) is 8.04. The molecule has 0 aliphatic heterocycles. The van der Waals surface area contributed by atoms with Gasteiger partial charge in [-0.1, -0.05) is 41.5 Å². The van der Waals surface area contributed by atoms with Crippen molar-refractivity contribution in [1.82, 2.24) is 19.6 Å². The van der Waals surface area contributed by atoms with E-state index < -0.39 is 0 Å². The zero-order valence-electron chi connectivity index (χ0n) is 20.5. The zero-order valence-corrected chi connectivity index (χ0v) is 20.5.